The zero-order chi connectivity index (χ0) is 11.5. The summed E-state index contributed by atoms with van der Waals surface area (Å²) in [4.78, 5) is 0. The fourth-order valence-corrected chi connectivity index (χ4v) is 2.43. The van der Waals surface area contributed by atoms with Crippen LogP contribution in [0.3, 0.4) is 0 Å². The van der Waals surface area contributed by atoms with Crippen LogP contribution in [-0.4, -0.2) is 12.6 Å². The highest BCUT2D eigenvalue weighted by atomic mass is 14.9. The Balaban J connectivity index is 1.98. The van der Waals surface area contributed by atoms with E-state index in [4.69, 9.17) is 5.73 Å². The zero-order valence-corrected chi connectivity index (χ0v) is 10.3. The fraction of sp³-hybridized carbons (Fsp3) is 0.571. The van der Waals surface area contributed by atoms with Crippen LogP contribution in [0.15, 0.2) is 18.2 Å². The molecule has 0 spiro atoms. The number of hydrogen-bond donors (Lipinski definition) is 2. The van der Waals surface area contributed by atoms with Gasteiger partial charge in [-0.05, 0) is 55.0 Å². The minimum Gasteiger partial charge on any atom is -0.399 e. The molecular formula is C14H22N2. The van der Waals surface area contributed by atoms with E-state index in [2.05, 4.69) is 31.3 Å². The van der Waals surface area contributed by atoms with E-state index < -0.39 is 0 Å². The molecule has 16 heavy (non-hydrogen) atoms. The Kier molecular flexibility index (Phi) is 3.49. The molecule has 0 fully saturated rings. The van der Waals surface area contributed by atoms with E-state index in [-0.39, 0.29) is 0 Å². The van der Waals surface area contributed by atoms with Crippen LogP contribution in [-0.2, 0) is 12.8 Å². The number of anilines is 1. The van der Waals surface area contributed by atoms with Gasteiger partial charge in [-0.3, -0.25) is 0 Å². The highest BCUT2D eigenvalue weighted by molar-refractivity contribution is 5.45. The minimum atomic E-state index is 0.591. The number of aryl methyl sites for hydroxylation is 1. The molecule has 0 aliphatic heterocycles. The van der Waals surface area contributed by atoms with Crippen LogP contribution in [0.25, 0.3) is 0 Å². The Morgan fingerprint density at radius 1 is 1.38 bits per heavy atom. The number of fused-ring (bicyclic) bond motifs is 1. The van der Waals surface area contributed by atoms with Crippen molar-refractivity contribution in [2.45, 2.75) is 39.2 Å². The van der Waals surface area contributed by atoms with Crippen molar-refractivity contribution in [1.82, 2.24) is 5.32 Å². The van der Waals surface area contributed by atoms with Gasteiger partial charge in [-0.15, -0.1) is 0 Å². The lowest BCUT2D eigenvalue weighted by atomic mass is 9.83. The third kappa shape index (κ3) is 2.76. The molecular weight excluding hydrogens is 196 g/mol. The molecule has 0 aromatic heterocycles. The first-order valence-electron chi connectivity index (χ1n) is 6.26. The lowest BCUT2D eigenvalue weighted by Gasteiger charge is -2.26. The molecule has 2 rings (SSSR count). The average molecular weight is 218 g/mol. The van der Waals surface area contributed by atoms with E-state index in [9.17, 15) is 0 Å². The second-order valence-electron chi connectivity index (χ2n) is 5.20. The molecule has 1 aromatic rings. The van der Waals surface area contributed by atoms with Crippen molar-refractivity contribution in [3.05, 3.63) is 29.3 Å². The first-order chi connectivity index (χ1) is 7.65. The van der Waals surface area contributed by atoms with Crippen molar-refractivity contribution in [1.29, 1.82) is 0 Å². The van der Waals surface area contributed by atoms with E-state index in [1.54, 1.807) is 0 Å². The van der Waals surface area contributed by atoms with Crippen LogP contribution in [0.1, 0.15) is 31.4 Å². The topological polar surface area (TPSA) is 38.0 Å². The summed E-state index contributed by atoms with van der Waals surface area (Å²) in [6.07, 6.45) is 3.68. The maximum absolute atomic E-state index is 5.80. The highest BCUT2D eigenvalue weighted by Gasteiger charge is 2.18. The molecule has 0 radical (unpaired) electrons. The summed E-state index contributed by atoms with van der Waals surface area (Å²) in [5, 5.41) is 3.53. The van der Waals surface area contributed by atoms with Gasteiger partial charge in [-0.1, -0.05) is 19.9 Å². The summed E-state index contributed by atoms with van der Waals surface area (Å²) in [6.45, 7) is 5.55. The molecule has 0 saturated carbocycles. The van der Waals surface area contributed by atoms with Crippen molar-refractivity contribution in [2.75, 3.05) is 12.3 Å². The van der Waals surface area contributed by atoms with Gasteiger partial charge in [0.2, 0.25) is 0 Å². The van der Waals surface area contributed by atoms with Crippen LogP contribution in [0.4, 0.5) is 5.69 Å². The fourth-order valence-electron chi connectivity index (χ4n) is 2.43. The maximum atomic E-state index is 5.80. The summed E-state index contributed by atoms with van der Waals surface area (Å²) in [5.74, 6) is 0.790. The van der Waals surface area contributed by atoms with Gasteiger partial charge < -0.3 is 11.1 Å². The number of rotatable bonds is 3. The molecule has 0 amide bonds. The van der Waals surface area contributed by atoms with Crippen molar-refractivity contribution < 1.29 is 0 Å². The molecule has 88 valence electrons. The van der Waals surface area contributed by atoms with E-state index in [0.717, 1.165) is 18.2 Å². The predicted molar refractivity (Wildman–Crippen MR) is 69.5 cm³/mol. The third-order valence-corrected chi connectivity index (χ3v) is 3.38. The van der Waals surface area contributed by atoms with Crippen LogP contribution < -0.4 is 11.1 Å². The molecule has 1 aliphatic rings. The van der Waals surface area contributed by atoms with Crippen LogP contribution in [0.2, 0.25) is 0 Å². The van der Waals surface area contributed by atoms with Gasteiger partial charge in [-0.2, -0.15) is 0 Å². The molecule has 0 heterocycles. The zero-order valence-electron chi connectivity index (χ0n) is 10.3. The molecule has 2 nitrogen and oxygen atoms in total. The summed E-state index contributed by atoms with van der Waals surface area (Å²) in [5.41, 5.74) is 9.66. The van der Waals surface area contributed by atoms with Crippen molar-refractivity contribution in [2.24, 2.45) is 5.92 Å². The normalized spacial score (nSPS) is 19.8. The van der Waals surface area contributed by atoms with Gasteiger partial charge in [-0.25, -0.2) is 0 Å². The summed E-state index contributed by atoms with van der Waals surface area (Å²) >= 11 is 0. The largest absolute Gasteiger partial charge is 0.399 e. The number of nitrogens with one attached hydrogen (secondary N) is 1. The third-order valence-electron chi connectivity index (χ3n) is 3.38. The van der Waals surface area contributed by atoms with Gasteiger partial charge in [0.15, 0.2) is 0 Å². The second-order valence-corrected chi connectivity index (χ2v) is 5.20. The molecule has 1 aliphatic carbocycles. The molecule has 2 heteroatoms. The van der Waals surface area contributed by atoms with Crippen molar-refractivity contribution in [3.63, 3.8) is 0 Å². The van der Waals surface area contributed by atoms with Gasteiger partial charge >= 0.3 is 0 Å². The van der Waals surface area contributed by atoms with Gasteiger partial charge in [0, 0.05) is 11.7 Å². The van der Waals surface area contributed by atoms with Crippen LogP contribution >= 0.6 is 0 Å². The Labute approximate surface area is 98.2 Å². The van der Waals surface area contributed by atoms with Gasteiger partial charge in [0.05, 0.1) is 0 Å². The minimum absolute atomic E-state index is 0.591. The summed E-state index contributed by atoms with van der Waals surface area (Å²) in [6, 6.07) is 6.96. The Bertz CT molecular complexity index is 358. The van der Waals surface area contributed by atoms with Crippen LogP contribution in [0, 0.1) is 5.92 Å². The quantitative estimate of drug-likeness (QED) is 0.764. The Morgan fingerprint density at radius 3 is 2.94 bits per heavy atom. The second kappa shape index (κ2) is 4.88. The monoisotopic (exact) mass is 218 g/mol. The van der Waals surface area contributed by atoms with E-state index in [0.29, 0.717) is 6.04 Å². The summed E-state index contributed by atoms with van der Waals surface area (Å²) < 4.78 is 0. The van der Waals surface area contributed by atoms with Gasteiger partial charge in [0.25, 0.3) is 0 Å². The molecule has 1 aromatic carbocycles. The van der Waals surface area contributed by atoms with Crippen molar-refractivity contribution in [3.8, 4) is 0 Å². The smallest absolute Gasteiger partial charge is 0.0316 e. The first-order valence-corrected chi connectivity index (χ1v) is 6.26. The van der Waals surface area contributed by atoms with Gasteiger partial charge in [0.1, 0.15) is 0 Å². The molecule has 3 N–H and O–H groups in total. The first kappa shape index (κ1) is 11.5. The molecule has 0 bridgehead atoms. The predicted octanol–water partition coefficient (Wildman–Crippen LogP) is 2.37. The lowest BCUT2D eigenvalue weighted by Crippen LogP contribution is -2.31. The van der Waals surface area contributed by atoms with Crippen LogP contribution in [0.5, 0.6) is 0 Å². The van der Waals surface area contributed by atoms with Crippen molar-refractivity contribution >= 4 is 5.69 Å². The number of benzene rings is 1. The molecule has 1 atom stereocenters. The van der Waals surface area contributed by atoms with E-state index in [1.807, 2.05) is 6.07 Å². The maximum Gasteiger partial charge on any atom is 0.0316 e. The summed E-state index contributed by atoms with van der Waals surface area (Å²) in [7, 11) is 0. The lowest BCUT2D eigenvalue weighted by molar-refractivity contribution is 0.407. The van der Waals surface area contributed by atoms with E-state index in [1.165, 1.54) is 30.4 Å². The van der Waals surface area contributed by atoms with E-state index >= 15 is 0 Å². The molecule has 1 unspecified atom stereocenters. The average Bonchev–Trinajstić information content (AvgIpc) is 2.26. The standard InChI is InChI=1S/C14H22N2/c1-10(2)16-9-11-3-4-13-8-14(15)6-5-12(13)7-11/h5-6,8,10-11,16H,3-4,7,9,15H2,1-2H3. The highest BCUT2D eigenvalue weighted by Crippen LogP contribution is 2.26. The number of hydrogen-bond acceptors (Lipinski definition) is 2. The number of nitrogens with two attached hydrogens (primary N) is 1. The Hall–Kier alpha value is -1.02. The Morgan fingerprint density at radius 2 is 2.19 bits per heavy atom. The number of nitrogen functional groups attached to an aromatic ring is 1. The molecule has 0 saturated heterocycles. The SMILES string of the molecule is CC(C)NCC1CCc2cc(N)ccc2C1.